The summed E-state index contributed by atoms with van der Waals surface area (Å²) in [5.74, 6) is -0.417. The van der Waals surface area contributed by atoms with Gasteiger partial charge in [-0.15, -0.1) is 11.3 Å². The lowest BCUT2D eigenvalue weighted by atomic mass is 10.1. The van der Waals surface area contributed by atoms with Crippen molar-refractivity contribution in [1.29, 1.82) is 0 Å². The van der Waals surface area contributed by atoms with Crippen LogP contribution in [0, 0.1) is 0 Å². The van der Waals surface area contributed by atoms with E-state index in [1.807, 2.05) is 46.4 Å². The molecule has 0 atom stereocenters. The Labute approximate surface area is 159 Å². The first-order chi connectivity index (χ1) is 13.1. The molecule has 0 bridgehead atoms. The van der Waals surface area contributed by atoms with Gasteiger partial charge in [-0.2, -0.15) is 0 Å². The van der Waals surface area contributed by atoms with E-state index in [4.69, 9.17) is 0 Å². The summed E-state index contributed by atoms with van der Waals surface area (Å²) in [6.45, 7) is 1.43. The smallest absolute Gasteiger partial charge is 0.255 e. The van der Waals surface area contributed by atoms with E-state index in [9.17, 15) is 9.59 Å². The van der Waals surface area contributed by atoms with Gasteiger partial charge in [-0.1, -0.05) is 18.2 Å². The number of hydrogen-bond acceptors (Lipinski definition) is 4. The molecule has 0 fully saturated rings. The second kappa shape index (κ2) is 7.05. The third-order valence-electron chi connectivity index (χ3n) is 3.98. The van der Waals surface area contributed by atoms with Crippen LogP contribution >= 0.6 is 11.3 Å². The Morgan fingerprint density at radius 2 is 1.85 bits per heavy atom. The maximum Gasteiger partial charge on any atom is 0.255 e. The number of aromatic nitrogens is 2. The van der Waals surface area contributed by atoms with Crippen molar-refractivity contribution in [3.8, 4) is 11.3 Å². The molecule has 4 aromatic rings. The molecule has 0 aliphatic heterocycles. The van der Waals surface area contributed by atoms with E-state index in [2.05, 4.69) is 15.6 Å². The average Bonchev–Trinajstić information content (AvgIpc) is 3.24. The summed E-state index contributed by atoms with van der Waals surface area (Å²) >= 11 is 1.59. The molecule has 0 radical (unpaired) electrons. The molecule has 0 spiro atoms. The van der Waals surface area contributed by atoms with Gasteiger partial charge >= 0.3 is 0 Å². The number of nitrogens with one attached hydrogen (secondary N) is 2. The van der Waals surface area contributed by atoms with Crippen LogP contribution in [0.4, 0.5) is 11.4 Å². The van der Waals surface area contributed by atoms with Crippen molar-refractivity contribution in [2.75, 3.05) is 10.6 Å². The molecule has 0 aliphatic carbocycles. The summed E-state index contributed by atoms with van der Waals surface area (Å²) < 4.78 is 1.98. The largest absolute Gasteiger partial charge is 0.326 e. The van der Waals surface area contributed by atoms with Gasteiger partial charge in [-0.3, -0.25) is 14.0 Å². The summed E-state index contributed by atoms with van der Waals surface area (Å²) in [5, 5.41) is 7.53. The van der Waals surface area contributed by atoms with Crippen LogP contribution in [0.2, 0.25) is 0 Å². The quantitative estimate of drug-likeness (QED) is 0.558. The Kier molecular flexibility index (Phi) is 4.43. The highest BCUT2D eigenvalue weighted by Gasteiger charge is 2.09. The molecule has 2 amide bonds. The molecule has 134 valence electrons. The van der Waals surface area contributed by atoms with Gasteiger partial charge in [0.2, 0.25) is 5.91 Å². The molecule has 27 heavy (non-hydrogen) atoms. The van der Waals surface area contributed by atoms with Crippen LogP contribution in [0.25, 0.3) is 16.2 Å². The lowest BCUT2D eigenvalue weighted by Crippen LogP contribution is -2.13. The fraction of sp³-hybridized carbons (Fsp3) is 0.0500. The number of carbonyl (C=O) groups excluding carboxylic acids is 2. The van der Waals surface area contributed by atoms with Gasteiger partial charge in [-0.05, 0) is 30.3 Å². The monoisotopic (exact) mass is 376 g/mol. The average molecular weight is 376 g/mol. The van der Waals surface area contributed by atoms with Crippen molar-refractivity contribution in [2.45, 2.75) is 6.92 Å². The number of benzene rings is 2. The Morgan fingerprint density at radius 3 is 2.59 bits per heavy atom. The summed E-state index contributed by atoms with van der Waals surface area (Å²) in [5.41, 5.74) is 3.62. The third-order valence-corrected chi connectivity index (χ3v) is 4.75. The van der Waals surface area contributed by atoms with Crippen molar-refractivity contribution in [2.24, 2.45) is 0 Å². The van der Waals surface area contributed by atoms with Gasteiger partial charge in [0.25, 0.3) is 5.91 Å². The van der Waals surface area contributed by atoms with Crippen molar-refractivity contribution >= 4 is 39.5 Å². The van der Waals surface area contributed by atoms with E-state index >= 15 is 0 Å². The molecule has 0 saturated carbocycles. The number of amides is 2. The first-order valence-corrected chi connectivity index (χ1v) is 9.18. The number of nitrogens with zero attached hydrogens (tertiary/aromatic N) is 2. The Morgan fingerprint density at radius 1 is 1.04 bits per heavy atom. The summed E-state index contributed by atoms with van der Waals surface area (Å²) in [7, 11) is 0. The second-order valence-electron chi connectivity index (χ2n) is 6.01. The Hall–Kier alpha value is -3.45. The SMILES string of the molecule is CC(=O)Nc1cccc(C(=O)Nc2ccc(-c3cn4ccsc4n3)cc2)c1. The predicted molar refractivity (Wildman–Crippen MR) is 107 cm³/mol. The number of anilines is 2. The molecule has 0 saturated heterocycles. The summed E-state index contributed by atoms with van der Waals surface area (Å²) in [6.07, 6.45) is 3.95. The molecule has 2 N–H and O–H groups in total. The van der Waals surface area contributed by atoms with Crippen LogP contribution < -0.4 is 10.6 Å². The maximum absolute atomic E-state index is 12.5. The van der Waals surface area contributed by atoms with Crippen LogP contribution in [-0.2, 0) is 4.79 Å². The minimum absolute atomic E-state index is 0.178. The Bertz CT molecular complexity index is 1100. The van der Waals surface area contributed by atoms with E-state index in [0.717, 1.165) is 16.2 Å². The highest BCUT2D eigenvalue weighted by atomic mass is 32.1. The summed E-state index contributed by atoms with van der Waals surface area (Å²) in [4.78, 5) is 29.1. The molecule has 2 aromatic carbocycles. The van der Waals surface area contributed by atoms with Gasteiger partial charge in [0.1, 0.15) is 0 Å². The number of imidazole rings is 1. The molecule has 2 heterocycles. The molecular weight excluding hydrogens is 360 g/mol. The zero-order chi connectivity index (χ0) is 18.8. The van der Waals surface area contributed by atoms with Gasteiger partial charge < -0.3 is 10.6 Å². The van der Waals surface area contributed by atoms with Crippen LogP contribution in [0.5, 0.6) is 0 Å². The van der Waals surface area contributed by atoms with E-state index < -0.39 is 0 Å². The van der Waals surface area contributed by atoms with E-state index in [1.165, 1.54) is 6.92 Å². The van der Waals surface area contributed by atoms with Crippen LogP contribution in [0.3, 0.4) is 0 Å². The predicted octanol–water partition coefficient (Wildman–Crippen LogP) is 4.27. The lowest BCUT2D eigenvalue weighted by Gasteiger charge is -2.08. The Balaban J connectivity index is 1.48. The highest BCUT2D eigenvalue weighted by molar-refractivity contribution is 7.15. The molecule has 4 rings (SSSR count). The zero-order valence-corrected chi connectivity index (χ0v) is 15.3. The standard InChI is InChI=1S/C20H16N4O2S/c1-13(25)21-17-4-2-3-15(11-17)19(26)22-16-7-5-14(6-8-16)18-12-24-9-10-27-20(24)23-18/h2-12H,1H3,(H,21,25)(H,22,26). The van der Waals surface area contributed by atoms with Crippen LogP contribution in [0.15, 0.2) is 66.3 Å². The molecule has 0 aliphatic rings. The van der Waals surface area contributed by atoms with Crippen molar-refractivity contribution in [3.63, 3.8) is 0 Å². The molecule has 0 unspecified atom stereocenters. The highest BCUT2D eigenvalue weighted by Crippen LogP contribution is 2.23. The first kappa shape index (κ1) is 17.0. The number of carbonyl (C=O) groups is 2. The van der Waals surface area contributed by atoms with Gasteiger partial charge in [0.05, 0.1) is 5.69 Å². The minimum Gasteiger partial charge on any atom is -0.326 e. The first-order valence-electron chi connectivity index (χ1n) is 8.30. The topological polar surface area (TPSA) is 75.5 Å². The number of rotatable bonds is 4. The van der Waals surface area contributed by atoms with Gasteiger partial charge in [0, 0.05) is 47.2 Å². The number of hydrogen-bond donors (Lipinski definition) is 2. The minimum atomic E-state index is -0.238. The van der Waals surface area contributed by atoms with E-state index in [-0.39, 0.29) is 11.8 Å². The normalized spacial score (nSPS) is 10.7. The number of fused-ring (bicyclic) bond motifs is 1. The second-order valence-corrected chi connectivity index (χ2v) is 6.89. The van der Waals surface area contributed by atoms with Gasteiger partial charge in [-0.25, -0.2) is 4.98 Å². The molecular formula is C20H16N4O2S. The molecule has 6 nitrogen and oxygen atoms in total. The van der Waals surface area contributed by atoms with Crippen LogP contribution in [-0.4, -0.2) is 21.2 Å². The van der Waals surface area contributed by atoms with Crippen molar-refractivity contribution in [1.82, 2.24) is 9.38 Å². The number of thiazole rings is 1. The fourth-order valence-corrected chi connectivity index (χ4v) is 3.44. The fourth-order valence-electron chi connectivity index (χ4n) is 2.74. The zero-order valence-electron chi connectivity index (χ0n) is 14.5. The van der Waals surface area contributed by atoms with Crippen molar-refractivity contribution in [3.05, 3.63) is 71.9 Å². The van der Waals surface area contributed by atoms with E-state index in [0.29, 0.717) is 16.9 Å². The lowest BCUT2D eigenvalue weighted by molar-refractivity contribution is -0.114. The van der Waals surface area contributed by atoms with Crippen LogP contribution in [0.1, 0.15) is 17.3 Å². The maximum atomic E-state index is 12.5. The van der Waals surface area contributed by atoms with Crippen molar-refractivity contribution < 1.29 is 9.59 Å². The van der Waals surface area contributed by atoms with E-state index in [1.54, 1.807) is 35.6 Å². The molecule has 2 aromatic heterocycles. The van der Waals surface area contributed by atoms with Gasteiger partial charge in [0.15, 0.2) is 4.96 Å². The summed E-state index contributed by atoms with van der Waals surface area (Å²) in [6, 6.07) is 14.4. The third kappa shape index (κ3) is 3.73. The molecule has 7 heteroatoms.